The van der Waals surface area contributed by atoms with E-state index >= 15 is 0 Å². The molecule has 1 nitrogen and oxygen atoms in total. The largest absolute Gasteiger partial charge is 0.377 e. The van der Waals surface area contributed by atoms with Crippen LogP contribution in [0.3, 0.4) is 0 Å². The molecule has 0 saturated carbocycles. The maximum absolute atomic E-state index is 5.65. The SMILES string of the molecule is C=Cc1cccc(COCCCCCCBr)c1. The Morgan fingerprint density at radius 3 is 2.76 bits per heavy atom. The van der Waals surface area contributed by atoms with E-state index in [9.17, 15) is 0 Å². The number of unbranched alkanes of at least 4 members (excludes halogenated alkanes) is 3. The first-order valence-electron chi connectivity index (χ1n) is 6.22. The van der Waals surface area contributed by atoms with Crippen LogP contribution in [-0.2, 0) is 11.3 Å². The van der Waals surface area contributed by atoms with Gasteiger partial charge in [-0.2, -0.15) is 0 Å². The van der Waals surface area contributed by atoms with E-state index in [4.69, 9.17) is 4.74 Å². The molecular weight excluding hydrogens is 276 g/mol. The quantitative estimate of drug-likeness (QED) is 0.470. The number of benzene rings is 1. The minimum atomic E-state index is 0.708. The minimum Gasteiger partial charge on any atom is -0.377 e. The van der Waals surface area contributed by atoms with Gasteiger partial charge in [-0.3, -0.25) is 0 Å². The second-order valence-electron chi connectivity index (χ2n) is 4.10. The molecule has 0 aliphatic carbocycles. The molecule has 0 unspecified atom stereocenters. The molecule has 1 rings (SSSR count). The van der Waals surface area contributed by atoms with Gasteiger partial charge in [-0.05, 0) is 30.0 Å². The highest BCUT2D eigenvalue weighted by atomic mass is 79.9. The number of halogens is 1. The van der Waals surface area contributed by atoms with Crippen LogP contribution in [0.1, 0.15) is 36.8 Å². The van der Waals surface area contributed by atoms with Crippen molar-refractivity contribution in [2.24, 2.45) is 0 Å². The van der Waals surface area contributed by atoms with E-state index in [1.54, 1.807) is 0 Å². The summed E-state index contributed by atoms with van der Waals surface area (Å²) >= 11 is 3.44. The zero-order valence-electron chi connectivity index (χ0n) is 10.3. The van der Waals surface area contributed by atoms with Crippen molar-refractivity contribution in [2.45, 2.75) is 32.3 Å². The van der Waals surface area contributed by atoms with Crippen molar-refractivity contribution >= 4 is 22.0 Å². The first-order valence-corrected chi connectivity index (χ1v) is 7.34. The summed E-state index contributed by atoms with van der Waals surface area (Å²) in [4.78, 5) is 0. The van der Waals surface area contributed by atoms with E-state index < -0.39 is 0 Å². The smallest absolute Gasteiger partial charge is 0.0717 e. The third-order valence-electron chi connectivity index (χ3n) is 2.63. The van der Waals surface area contributed by atoms with Crippen LogP contribution < -0.4 is 0 Å². The summed E-state index contributed by atoms with van der Waals surface area (Å²) in [5.74, 6) is 0. The Morgan fingerprint density at radius 1 is 1.18 bits per heavy atom. The second-order valence-corrected chi connectivity index (χ2v) is 4.90. The highest BCUT2D eigenvalue weighted by molar-refractivity contribution is 9.09. The monoisotopic (exact) mass is 296 g/mol. The van der Waals surface area contributed by atoms with Crippen molar-refractivity contribution in [2.75, 3.05) is 11.9 Å². The Hall–Kier alpha value is -0.600. The Labute approximate surface area is 113 Å². The average molecular weight is 297 g/mol. The molecule has 0 N–H and O–H groups in total. The predicted molar refractivity (Wildman–Crippen MR) is 78.5 cm³/mol. The molecule has 0 aliphatic rings. The van der Waals surface area contributed by atoms with Gasteiger partial charge in [0.05, 0.1) is 6.61 Å². The first kappa shape index (κ1) is 14.5. The van der Waals surface area contributed by atoms with Crippen LogP contribution in [0.25, 0.3) is 6.08 Å². The molecule has 0 aliphatic heterocycles. The Bertz CT molecular complexity index is 322. The third-order valence-corrected chi connectivity index (χ3v) is 3.19. The summed E-state index contributed by atoms with van der Waals surface area (Å²) in [6, 6.07) is 8.32. The van der Waals surface area contributed by atoms with Gasteiger partial charge in [0.1, 0.15) is 0 Å². The number of hydrogen-bond acceptors (Lipinski definition) is 1. The van der Waals surface area contributed by atoms with Crippen molar-refractivity contribution in [3.05, 3.63) is 42.0 Å². The van der Waals surface area contributed by atoms with E-state index in [0.29, 0.717) is 6.61 Å². The molecule has 0 amide bonds. The van der Waals surface area contributed by atoms with Gasteiger partial charge >= 0.3 is 0 Å². The predicted octanol–water partition coefficient (Wildman–Crippen LogP) is 4.80. The van der Waals surface area contributed by atoms with Gasteiger partial charge < -0.3 is 4.74 Å². The molecule has 0 radical (unpaired) electrons. The van der Waals surface area contributed by atoms with Gasteiger partial charge in [0.15, 0.2) is 0 Å². The van der Waals surface area contributed by atoms with E-state index in [0.717, 1.165) is 23.9 Å². The highest BCUT2D eigenvalue weighted by Crippen LogP contribution is 2.08. The molecule has 0 spiro atoms. The Kier molecular flexibility index (Phi) is 8.02. The number of rotatable bonds is 9. The molecule has 1 aromatic rings. The summed E-state index contributed by atoms with van der Waals surface area (Å²) < 4.78 is 5.65. The van der Waals surface area contributed by atoms with Gasteiger partial charge in [-0.15, -0.1) is 0 Å². The zero-order chi connectivity index (χ0) is 12.3. The van der Waals surface area contributed by atoms with Crippen LogP contribution in [0.15, 0.2) is 30.8 Å². The lowest BCUT2D eigenvalue weighted by atomic mass is 10.1. The summed E-state index contributed by atoms with van der Waals surface area (Å²) in [7, 11) is 0. The number of ether oxygens (including phenoxy) is 1. The average Bonchev–Trinajstić information content (AvgIpc) is 2.38. The van der Waals surface area contributed by atoms with Crippen molar-refractivity contribution in [3.63, 3.8) is 0 Å². The van der Waals surface area contributed by atoms with Gasteiger partial charge in [-0.25, -0.2) is 0 Å². The first-order chi connectivity index (χ1) is 8.36. The van der Waals surface area contributed by atoms with Crippen LogP contribution in [0.5, 0.6) is 0 Å². The molecule has 17 heavy (non-hydrogen) atoms. The fraction of sp³-hybridized carbons (Fsp3) is 0.467. The van der Waals surface area contributed by atoms with E-state index in [1.807, 2.05) is 12.1 Å². The summed E-state index contributed by atoms with van der Waals surface area (Å²) in [5, 5.41) is 1.11. The Balaban J connectivity index is 2.11. The molecule has 0 heterocycles. The molecule has 94 valence electrons. The summed E-state index contributed by atoms with van der Waals surface area (Å²) in [5.41, 5.74) is 2.38. The fourth-order valence-electron chi connectivity index (χ4n) is 1.65. The minimum absolute atomic E-state index is 0.708. The van der Waals surface area contributed by atoms with Crippen LogP contribution in [0.2, 0.25) is 0 Å². The van der Waals surface area contributed by atoms with Crippen LogP contribution >= 0.6 is 15.9 Å². The number of hydrogen-bond donors (Lipinski definition) is 0. The molecule has 0 fully saturated rings. The lowest BCUT2D eigenvalue weighted by molar-refractivity contribution is 0.117. The molecule has 1 aromatic carbocycles. The Morgan fingerprint density at radius 2 is 2.00 bits per heavy atom. The standard InChI is InChI=1S/C15H21BrO/c1-2-14-8-7-9-15(12-14)13-17-11-6-4-3-5-10-16/h2,7-9,12H,1,3-6,10-11,13H2. The molecule has 0 bridgehead atoms. The molecule has 0 aromatic heterocycles. The van der Waals surface area contributed by atoms with Gasteiger partial charge in [-0.1, -0.05) is 59.6 Å². The third kappa shape index (κ3) is 6.64. The van der Waals surface area contributed by atoms with E-state index in [-0.39, 0.29) is 0 Å². The second kappa shape index (κ2) is 9.43. The lowest BCUT2D eigenvalue weighted by Gasteiger charge is -2.05. The lowest BCUT2D eigenvalue weighted by Crippen LogP contribution is -1.96. The topological polar surface area (TPSA) is 9.23 Å². The van der Waals surface area contributed by atoms with Gasteiger partial charge in [0.2, 0.25) is 0 Å². The van der Waals surface area contributed by atoms with Crippen molar-refractivity contribution < 1.29 is 4.74 Å². The van der Waals surface area contributed by atoms with Crippen LogP contribution in [0, 0.1) is 0 Å². The van der Waals surface area contributed by atoms with Gasteiger partial charge in [0, 0.05) is 11.9 Å². The highest BCUT2D eigenvalue weighted by Gasteiger charge is 1.95. The molecule has 2 heteroatoms. The van der Waals surface area contributed by atoms with Crippen molar-refractivity contribution in [1.82, 2.24) is 0 Å². The maximum atomic E-state index is 5.65. The maximum Gasteiger partial charge on any atom is 0.0717 e. The van der Waals surface area contributed by atoms with E-state index in [2.05, 4.69) is 40.7 Å². The normalized spacial score (nSPS) is 10.4. The van der Waals surface area contributed by atoms with Gasteiger partial charge in [0.25, 0.3) is 0 Å². The van der Waals surface area contributed by atoms with Crippen LogP contribution in [-0.4, -0.2) is 11.9 Å². The van der Waals surface area contributed by atoms with Crippen molar-refractivity contribution in [3.8, 4) is 0 Å². The van der Waals surface area contributed by atoms with Crippen LogP contribution in [0.4, 0.5) is 0 Å². The summed E-state index contributed by atoms with van der Waals surface area (Å²) in [6.45, 7) is 5.34. The summed E-state index contributed by atoms with van der Waals surface area (Å²) in [6.07, 6.45) is 6.85. The van der Waals surface area contributed by atoms with Crippen molar-refractivity contribution in [1.29, 1.82) is 0 Å². The fourth-order valence-corrected chi connectivity index (χ4v) is 2.05. The number of alkyl halides is 1. The zero-order valence-corrected chi connectivity index (χ0v) is 11.9. The molecule has 0 saturated heterocycles. The van der Waals surface area contributed by atoms with E-state index in [1.165, 1.54) is 24.8 Å². The molecule has 0 atom stereocenters. The molecular formula is C15H21BrO.